The van der Waals surface area contributed by atoms with Gasteiger partial charge < -0.3 is 15.4 Å². The molecule has 0 saturated carbocycles. The Hall–Kier alpha value is -1.83. The van der Waals surface area contributed by atoms with Crippen molar-refractivity contribution in [2.75, 3.05) is 19.7 Å². The van der Waals surface area contributed by atoms with Crippen LogP contribution in [0.1, 0.15) is 31.7 Å². The number of nitrogens with one attached hydrogen (secondary N) is 2. The standard InChI is InChI=1S/C17H24F3N3O2/c1-12(13-4-2-6-21-9-13)8-15(24)23-10-14-5-3-7-22-16(14)25-11-17(18,19)20/h3,5,7,12-13,21H,2,4,6,8-11H2,1H3,(H,23,24). The minimum atomic E-state index is -4.43. The Kier molecular flexibility index (Phi) is 7.04. The van der Waals surface area contributed by atoms with E-state index in [0.717, 1.165) is 25.9 Å². The molecule has 1 saturated heterocycles. The number of pyridine rings is 1. The molecule has 2 N–H and O–H groups in total. The zero-order valence-corrected chi connectivity index (χ0v) is 14.2. The molecule has 0 bridgehead atoms. The molecule has 2 unspecified atom stereocenters. The van der Waals surface area contributed by atoms with Gasteiger partial charge in [0.25, 0.3) is 0 Å². The largest absolute Gasteiger partial charge is 0.468 e. The first-order chi connectivity index (χ1) is 11.8. The Morgan fingerprint density at radius 3 is 3.00 bits per heavy atom. The second-order valence-corrected chi connectivity index (χ2v) is 6.44. The van der Waals surface area contributed by atoms with Crippen LogP contribution in [0, 0.1) is 11.8 Å². The summed E-state index contributed by atoms with van der Waals surface area (Å²) in [6.45, 7) is 2.69. The number of piperidine rings is 1. The molecular weight excluding hydrogens is 335 g/mol. The van der Waals surface area contributed by atoms with Crippen LogP contribution in [0.3, 0.4) is 0 Å². The van der Waals surface area contributed by atoms with Gasteiger partial charge in [0.1, 0.15) is 0 Å². The van der Waals surface area contributed by atoms with Crippen LogP contribution in [0.15, 0.2) is 18.3 Å². The fraction of sp³-hybridized carbons (Fsp3) is 0.647. The molecule has 1 aliphatic rings. The van der Waals surface area contributed by atoms with Gasteiger partial charge in [0, 0.05) is 24.7 Å². The smallest absolute Gasteiger partial charge is 0.422 e. The fourth-order valence-corrected chi connectivity index (χ4v) is 2.93. The number of ether oxygens (including phenoxy) is 1. The van der Waals surface area contributed by atoms with Gasteiger partial charge in [-0.15, -0.1) is 0 Å². The molecule has 1 aromatic heterocycles. The summed E-state index contributed by atoms with van der Waals surface area (Å²) in [6.07, 6.45) is -0.451. The number of alkyl halides is 3. The van der Waals surface area contributed by atoms with E-state index in [-0.39, 0.29) is 24.2 Å². The van der Waals surface area contributed by atoms with E-state index in [1.807, 2.05) is 0 Å². The third-order valence-electron chi connectivity index (χ3n) is 4.35. The summed E-state index contributed by atoms with van der Waals surface area (Å²) < 4.78 is 41.6. The maximum Gasteiger partial charge on any atom is 0.422 e. The van der Waals surface area contributed by atoms with Crippen molar-refractivity contribution in [1.82, 2.24) is 15.6 Å². The van der Waals surface area contributed by atoms with Crippen molar-refractivity contribution >= 4 is 5.91 Å². The van der Waals surface area contributed by atoms with Gasteiger partial charge in [-0.25, -0.2) is 4.98 Å². The first-order valence-corrected chi connectivity index (χ1v) is 8.46. The number of hydrogen-bond donors (Lipinski definition) is 2. The van der Waals surface area contributed by atoms with Gasteiger partial charge in [-0.1, -0.05) is 13.0 Å². The van der Waals surface area contributed by atoms with E-state index in [0.29, 0.717) is 17.9 Å². The lowest BCUT2D eigenvalue weighted by atomic mass is 9.85. The monoisotopic (exact) mass is 359 g/mol. The van der Waals surface area contributed by atoms with Gasteiger partial charge in [-0.3, -0.25) is 4.79 Å². The van der Waals surface area contributed by atoms with E-state index < -0.39 is 12.8 Å². The molecule has 1 aliphatic heterocycles. The van der Waals surface area contributed by atoms with Crippen molar-refractivity contribution in [2.24, 2.45) is 11.8 Å². The topological polar surface area (TPSA) is 63.2 Å². The quantitative estimate of drug-likeness (QED) is 0.786. The van der Waals surface area contributed by atoms with Crippen LogP contribution in [-0.2, 0) is 11.3 Å². The zero-order chi connectivity index (χ0) is 18.3. The van der Waals surface area contributed by atoms with Gasteiger partial charge in [-0.05, 0) is 43.8 Å². The normalized spacial score (nSPS) is 19.3. The number of carbonyl (C=O) groups is 1. The predicted molar refractivity (Wildman–Crippen MR) is 87.0 cm³/mol. The Labute approximate surface area is 145 Å². The Morgan fingerprint density at radius 1 is 1.52 bits per heavy atom. The molecule has 1 fully saturated rings. The number of carbonyl (C=O) groups excluding carboxylic acids is 1. The Morgan fingerprint density at radius 2 is 2.32 bits per heavy atom. The van der Waals surface area contributed by atoms with E-state index in [9.17, 15) is 18.0 Å². The minimum absolute atomic E-state index is 0.0928. The molecule has 0 aliphatic carbocycles. The van der Waals surface area contributed by atoms with E-state index in [4.69, 9.17) is 4.74 Å². The second-order valence-electron chi connectivity index (χ2n) is 6.44. The van der Waals surface area contributed by atoms with E-state index in [1.165, 1.54) is 6.20 Å². The minimum Gasteiger partial charge on any atom is -0.468 e. The van der Waals surface area contributed by atoms with E-state index >= 15 is 0 Å². The van der Waals surface area contributed by atoms with Gasteiger partial charge in [-0.2, -0.15) is 13.2 Å². The molecule has 140 valence electrons. The van der Waals surface area contributed by atoms with Gasteiger partial charge in [0.05, 0.1) is 0 Å². The molecule has 2 atom stereocenters. The number of hydrogen-bond acceptors (Lipinski definition) is 4. The third kappa shape index (κ3) is 6.89. The highest BCUT2D eigenvalue weighted by Crippen LogP contribution is 2.23. The maximum absolute atomic E-state index is 12.3. The average Bonchev–Trinajstić information content (AvgIpc) is 2.59. The van der Waals surface area contributed by atoms with Gasteiger partial charge >= 0.3 is 6.18 Å². The van der Waals surface area contributed by atoms with Crippen LogP contribution in [0.25, 0.3) is 0 Å². The summed E-state index contributed by atoms with van der Waals surface area (Å²) >= 11 is 0. The highest BCUT2D eigenvalue weighted by molar-refractivity contribution is 5.76. The van der Waals surface area contributed by atoms with Crippen molar-refractivity contribution in [2.45, 2.75) is 38.9 Å². The fourth-order valence-electron chi connectivity index (χ4n) is 2.93. The molecule has 2 rings (SSSR count). The number of rotatable bonds is 7. The van der Waals surface area contributed by atoms with E-state index in [2.05, 4.69) is 22.5 Å². The van der Waals surface area contributed by atoms with Gasteiger partial charge in [0.2, 0.25) is 11.8 Å². The Bertz CT molecular complexity index is 560. The number of nitrogens with zero attached hydrogens (tertiary/aromatic N) is 1. The first-order valence-electron chi connectivity index (χ1n) is 8.46. The summed E-state index contributed by atoms with van der Waals surface area (Å²) in [6, 6.07) is 3.19. The SMILES string of the molecule is CC(CC(=O)NCc1cccnc1OCC(F)(F)F)C1CCCNC1. The number of aromatic nitrogens is 1. The first kappa shape index (κ1) is 19.5. The van der Waals surface area contributed by atoms with Crippen LogP contribution in [0.5, 0.6) is 5.88 Å². The summed E-state index contributed by atoms with van der Waals surface area (Å²) in [5.41, 5.74) is 0.423. The third-order valence-corrected chi connectivity index (χ3v) is 4.35. The highest BCUT2D eigenvalue weighted by atomic mass is 19.4. The Balaban J connectivity index is 1.82. The van der Waals surface area contributed by atoms with Crippen LogP contribution in [0.4, 0.5) is 13.2 Å². The molecular formula is C17H24F3N3O2. The lowest BCUT2D eigenvalue weighted by Crippen LogP contribution is -2.35. The summed E-state index contributed by atoms with van der Waals surface area (Å²) in [7, 11) is 0. The van der Waals surface area contributed by atoms with Crippen LogP contribution in [0.2, 0.25) is 0 Å². The van der Waals surface area contributed by atoms with Crippen molar-refractivity contribution < 1.29 is 22.7 Å². The van der Waals surface area contributed by atoms with Crippen LogP contribution < -0.4 is 15.4 Å². The highest BCUT2D eigenvalue weighted by Gasteiger charge is 2.29. The molecule has 25 heavy (non-hydrogen) atoms. The van der Waals surface area contributed by atoms with Crippen LogP contribution >= 0.6 is 0 Å². The molecule has 0 aromatic carbocycles. The summed E-state index contributed by atoms with van der Waals surface area (Å²) in [5.74, 6) is 0.500. The predicted octanol–water partition coefficient (Wildman–Crippen LogP) is 2.66. The molecule has 5 nitrogen and oxygen atoms in total. The number of amides is 1. The average molecular weight is 359 g/mol. The van der Waals surface area contributed by atoms with Crippen LogP contribution in [-0.4, -0.2) is 36.8 Å². The molecule has 1 aromatic rings. The molecule has 0 radical (unpaired) electrons. The van der Waals surface area contributed by atoms with Crippen molar-refractivity contribution in [3.05, 3.63) is 23.9 Å². The number of halogens is 3. The molecule has 1 amide bonds. The van der Waals surface area contributed by atoms with Gasteiger partial charge in [0.15, 0.2) is 6.61 Å². The van der Waals surface area contributed by atoms with Crippen molar-refractivity contribution in [1.29, 1.82) is 0 Å². The van der Waals surface area contributed by atoms with E-state index in [1.54, 1.807) is 12.1 Å². The summed E-state index contributed by atoms with van der Waals surface area (Å²) in [5, 5.41) is 6.08. The second kappa shape index (κ2) is 9.03. The summed E-state index contributed by atoms with van der Waals surface area (Å²) in [4.78, 5) is 15.9. The van der Waals surface area contributed by atoms with Crippen molar-refractivity contribution in [3.63, 3.8) is 0 Å². The zero-order valence-electron chi connectivity index (χ0n) is 14.2. The maximum atomic E-state index is 12.3. The molecule has 2 heterocycles. The lowest BCUT2D eigenvalue weighted by Gasteiger charge is -2.28. The van der Waals surface area contributed by atoms with Crippen molar-refractivity contribution in [3.8, 4) is 5.88 Å². The molecule has 8 heteroatoms. The molecule has 0 spiro atoms. The lowest BCUT2D eigenvalue weighted by molar-refractivity contribution is -0.154.